The number of likely N-dealkylation sites (tertiary alicyclic amines) is 1. The van der Waals surface area contributed by atoms with Gasteiger partial charge in [0.15, 0.2) is 0 Å². The molecule has 3 rings (SSSR count). The Balaban J connectivity index is 1.69. The van der Waals surface area contributed by atoms with E-state index in [1.807, 2.05) is 18.1 Å². The van der Waals surface area contributed by atoms with E-state index in [-0.39, 0.29) is 11.3 Å². The Labute approximate surface area is 143 Å². The first-order valence-electron chi connectivity index (χ1n) is 8.70. The molecular formula is C17H28N4O3. The van der Waals surface area contributed by atoms with E-state index in [0.29, 0.717) is 5.69 Å². The largest absolute Gasteiger partial charge is 0.383 e. The van der Waals surface area contributed by atoms with Crippen molar-refractivity contribution in [1.82, 2.24) is 19.6 Å². The zero-order chi connectivity index (χ0) is 17.0. The van der Waals surface area contributed by atoms with Gasteiger partial charge in [0.25, 0.3) is 5.91 Å². The highest BCUT2D eigenvalue weighted by molar-refractivity contribution is 5.92. The van der Waals surface area contributed by atoms with Crippen molar-refractivity contribution < 1.29 is 14.3 Å². The molecule has 0 aromatic carbocycles. The van der Waals surface area contributed by atoms with Gasteiger partial charge in [0.05, 0.1) is 19.8 Å². The highest BCUT2D eigenvalue weighted by atomic mass is 16.5. The molecule has 0 bridgehead atoms. The lowest BCUT2D eigenvalue weighted by molar-refractivity contribution is 0.00594. The molecule has 1 spiro atoms. The fraction of sp³-hybridized carbons (Fsp3) is 0.765. The molecule has 134 valence electrons. The standard InChI is InChI=1S/C17H28N4O3/c1-19-7-4-15(18-19)16(22)21-6-3-5-17(13-21)12-20(8-10-23-2)9-11-24-14-17/h4,7H,3,5-6,8-14H2,1-2H3. The average Bonchev–Trinajstić information content (AvgIpc) is 2.92. The number of nitrogens with zero attached hydrogens (tertiary/aromatic N) is 4. The van der Waals surface area contributed by atoms with Crippen LogP contribution in [0.5, 0.6) is 0 Å². The van der Waals surface area contributed by atoms with E-state index in [1.54, 1.807) is 17.9 Å². The Morgan fingerprint density at radius 1 is 1.42 bits per heavy atom. The summed E-state index contributed by atoms with van der Waals surface area (Å²) in [5.41, 5.74) is 0.549. The van der Waals surface area contributed by atoms with Crippen LogP contribution in [0, 0.1) is 5.41 Å². The van der Waals surface area contributed by atoms with Crippen molar-refractivity contribution >= 4 is 5.91 Å². The molecule has 0 radical (unpaired) electrons. The quantitative estimate of drug-likeness (QED) is 0.807. The average molecular weight is 336 g/mol. The maximum absolute atomic E-state index is 12.8. The summed E-state index contributed by atoms with van der Waals surface area (Å²) < 4.78 is 12.8. The van der Waals surface area contributed by atoms with E-state index >= 15 is 0 Å². The molecule has 2 saturated heterocycles. The van der Waals surface area contributed by atoms with Crippen LogP contribution in [0.2, 0.25) is 0 Å². The van der Waals surface area contributed by atoms with Gasteiger partial charge in [0.1, 0.15) is 5.69 Å². The van der Waals surface area contributed by atoms with Crippen molar-refractivity contribution in [3.8, 4) is 0 Å². The number of hydrogen-bond donors (Lipinski definition) is 0. The van der Waals surface area contributed by atoms with Gasteiger partial charge in [-0.15, -0.1) is 0 Å². The number of carbonyl (C=O) groups is 1. The van der Waals surface area contributed by atoms with Gasteiger partial charge < -0.3 is 14.4 Å². The van der Waals surface area contributed by atoms with Crippen molar-refractivity contribution in [2.75, 3.05) is 59.7 Å². The molecule has 0 N–H and O–H groups in total. The third-order valence-electron chi connectivity index (χ3n) is 5.01. The fourth-order valence-corrected chi connectivity index (χ4v) is 3.81. The second kappa shape index (κ2) is 7.63. The van der Waals surface area contributed by atoms with Gasteiger partial charge in [-0.1, -0.05) is 0 Å². The number of ether oxygens (including phenoxy) is 2. The van der Waals surface area contributed by atoms with Gasteiger partial charge in [-0.05, 0) is 18.9 Å². The van der Waals surface area contributed by atoms with Gasteiger partial charge in [0.2, 0.25) is 0 Å². The molecule has 2 fully saturated rings. The van der Waals surface area contributed by atoms with E-state index in [9.17, 15) is 4.79 Å². The van der Waals surface area contributed by atoms with Crippen LogP contribution in [0.4, 0.5) is 0 Å². The minimum absolute atomic E-state index is 0.0208. The second-order valence-electron chi connectivity index (χ2n) is 7.03. The predicted molar refractivity (Wildman–Crippen MR) is 89.9 cm³/mol. The predicted octanol–water partition coefficient (Wildman–Crippen LogP) is 0.621. The van der Waals surface area contributed by atoms with Crippen molar-refractivity contribution in [2.45, 2.75) is 12.8 Å². The number of aromatic nitrogens is 2. The maximum atomic E-state index is 12.8. The minimum atomic E-state index is 0.0208. The van der Waals surface area contributed by atoms with Crippen LogP contribution in [0.1, 0.15) is 23.3 Å². The highest BCUT2D eigenvalue weighted by Crippen LogP contribution is 2.33. The number of rotatable bonds is 4. The Morgan fingerprint density at radius 3 is 3.04 bits per heavy atom. The van der Waals surface area contributed by atoms with Crippen molar-refractivity contribution in [2.24, 2.45) is 12.5 Å². The minimum Gasteiger partial charge on any atom is -0.383 e. The zero-order valence-electron chi connectivity index (χ0n) is 14.7. The summed E-state index contributed by atoms with van der Waals surface area (Å²) in [6, 6.07) is 1.79. The van der Waals surface area contributed by atoms with Crippen LogP contribution < -0.4 is 0 Å². The number of methoxy groups -OCH3 is 1. The number of hydrogen-bond acceptors (Lipinski definition) is 5. The molecule has 24 heavy (non-hydrogen) atoms. The molecule has 0 aliphatic carbocycles. The Bertz CT molecular complexity index is 562. The molecule has 2 aliphatic rings. The summed E-state index contributed by atoms with van der Waals surface area (Å²) in [7, 11) is 3.57. The van der Waals surface area contributed by atoms with Crippen LogP contribution in [0.3, 0.4) is 0 Å². The molecule has 7 nitrogen and oxygen atoms in total. The molecule has 1 atom stereocenters. The molecule has 3 heterocycles. The van der Waals surface area contributed by atoms with Gasteiger partial charge in [-0.25, -0.2) is 0 Å². The summed E-state index contributed by atoms with van der Waals surface area (Å²) >= 11 is 0. The van der Waals surface area contributed by atoms with Gasteiger partial charge in [-0.2, -0.15) is 5.10 Å². The lowest BCUT2D eigenvalue weighted by Crippen LogP contribution is -2.52. The number of piperidine rings is 1. The molecule has 1 amide bonds. The summed E-state index contributed by atoms with van der Waals surface area (Å²) in [6.07, 6.45) is 3.93. The fourth-order valence-electron chi connectivity index (χ4n) is 3.81. The van der Waals surface area contributed by atoms with E-state index in [2.05, 4.69) is 10.00 Å². The summed E-state index contributed by atoms with van der Waals surface area (Å²) in [5.74, 6) is 0.0300. The highest BCUT2D eigenvalue weighted by Gasteiger charge is 2.40. The van der Waals surface area contributed by atoms with E-state index in [1.165, 1.54) is 0 Å². The molecular weight excluding hydrogens is 308 g/mol. The summed E-state index contributed by atoms with van der Waals surface area (Å²) in [4.78, 5) is 17.1. The lowest BCUT2D eigenvalue weighted by atomic mass is 9.80. The Hall–Kier alpha value is -1.44. The molecule has 0 saturated carbocycles. The second-order valence-corrected chi connectivity index (χ2v) is 7.03. The van der Waals surface area contributed by atoms with Gasteiger partial charge >= 0.3 is 0 Å². The number of carbonyl (C=O) groups excluding carboxylic acids is 1. The van der Waals surface area contributed by atoms with Crippen LogP contribution in [0.25, 0.3) is 0 Å². The van der Waals surface area contributed by atoms with E-state index in [0.717, 1.165) is 65.4 Å². The van der Waals surface area contributed by atoms with E-state index in [4.69, 9.17) is 9.47 Å². The third kappa shape index (κ3) is 3.96. The lowest BCUT2D eigenvalue weighted by Gasteiger charge is -2.43. The first-order chi connectivity index (χ1) is 11.6. The molecule has 7 heteroatoms. The summed E-state index contributed by atoms with van der Waals surface area (Å²) in [6.45, 7) is 6.55. The molecule has 2 aliphatic heterocycles. The topological polar surface area (TPSA) is 59.8 Å². The molecule has 1 unspecified atom stereocenters. The first-order valence-corrected chi connectivity index (χ1v) is 8.70. The SMILES string of the molecule is COCCN1CCOCC2(CCCN(C(=O)c3ccn(C)n3)C2)C1. The first kappa shape index (κ1) is 17.4. The monoisotopic (exact) mass is 336 g/mol. The van der Waals surface area contributed by atoms with Crippen LogP contribution >= 0.6 is 0 Å². The van der Waals surface area contributed by atoms with Crippen molar-refractivity contribution in [3.63, 3.8) is 0 Å². The number of amides is 1. The van der Waals surface area contributed by atoms with Gasteiger partial charge in [-0.3, -0.25) is 14.4 Å². The smallest absolute Gasteiger partial charge is 0.274 e. The Morgan fingerprint density at radius 2 is 2.29 bits per heavy atom. The van der Waals surface area contributed by atoms with Crippen LogP contribution in [0.15, 0.2) is 12.3 Å². The van der Waals surface area contributed by atoms with Crippen LogP contribution in [-0.4, -0.2) is 85.1 Å². The zero-order valence-corrected chi connectivity index (χ0v) is 14.7. The third-order valence-corrected chi connectivity index (χ3v) is 5.01. The van der Waals surface area contributed by atoms with Crippen LogP contribution in [-0.2, 0) is 16.5 Å². The molecule has 1 aromatic rings. The van der Waals surface area contributed by atoms with Crippen molar-refractivity contribution in [1.29, 1.82) is 0 Å². The molecule has 1 aromatic heterocycles. The maximum Gasteiger partial charge on any atom is 0.274 e. The van der Waals surface area contributed by atoms with Crippen molar-refractivity contribution in [3.05, 3.63) is 18.0 Å². The Kier molecular flexibility index (Phi) is 5.53. The normalized spacial score (nSPS) is 25.8. The van der Waals surface area contributed by atoms with Gasteiger partial charge in [0, 0.05) is 58.5 Å². The number of aryl methyl sites for hydroxylation is 1. The van der Waals surface area contributed by atoms with E-state index < -0.39 is 0 Å². The summed E-state index contributed by atoms with van der Waals surface area (Å²) in [5, 5.41) is 4.26.